The van der Waals surface area contributed by atoms with Crippen LogP contribution in [0.4, 0.5) is 4.39 Å². The molecule has 1 saturated heterocycles. The van der Waals surface area contributed by atoms with Crippen molar-refractivity contribution in [3.63, 3.8) is 0 Å². The zero-order chi connectivity index (χ0) is 14.5. The Kier molecular flexibility index (Phi) is 7.08. The van der Waals surface area contributed by atoms with Gasteiger partial charge in [-0.2, -0.15) is 0 Å². The van der Waals surface area contributed by atoms with Gasteiger partial charge in [-0.15, -0.1) is 12.4 Å². The van der Waals surface area contributed by atoms with E-state index in [1.165, 1.54) is 12.1 Å². The van der Waals surface area contributed by atoms with Crippen LogP contribution >= 0.6 is 12.4 Å². The molecule has 1 aliphatic rings. The largest absolute Gasteiger partial charge is 0.369 e. The van der Waals surface area contributed by atoms with Crippen molar-refractivity contribution in [2.24, 2.45) is 0 Å². The molecule has 0 radical (unpaired) electrons. The summed E-state index contributed by atoms with van der Waals surface area (Å²) in [4.78, 5) is 14.2. The number of piperazine rings is 1. The van der Waals surface area contributed by atoms with Gasteiger partial charge >= 0.3 is 0 Å². The highest BCUT2D eigenvalue weighted by Gasteiger charge is 2.30. The van der Waals surface area contributed by atoms with Gasteiger partial charge in [0, 0.05) is 26.2 Å². The Bertz CT molecular complexity index is 473. The van der Waals surface area contributed by atoms with Crippen LogP contribution in [0.1, 0.15) is 25.5 Å². The lowest BCUT2D eigenvalue weighted by Crippen LogP contribution is -2.51. The van der Waals surface area contributed by atoms with Crippen molar-refractivity contribution in [3.05, 3.63) is 35.6 Å². The topological polar surface area (TPSA) is 41.6 Å². The molecular formula is C15H22ClFN2O2. The number of nitrogens with zero attached hydrogens (tertiary/aromatic N) is 1. The van der Waals surface area contributed by atoms with E-state index in [4.69, 9.17) is 4.74 Å². The lowest BCUT2D eigenvalue weighted by molar-refractivity contribution is -0.145. The first kappa shape index (κ1) is 17.9. The molecule has 118 valence electrons. The second kappa shape index (κ2) is 8.32. The summed E-state index contributed by atoms with van der Waals surface area (Å²) in [6, 6.07) is 6.29. The molecule has 6 heteroatoms. The fourth-order valence-corrected chi connectivity index (χ4v) is 2.53. The molecule has 0 bridgehead atoms. The Balaban J connectivity index is 0.00000220. The number of amides is 1. The van der Waals surface area contributed by atoms with Crippen molar-refractivity contribution < 1.29 is 13.9 Å². The first-order chi connectivity index (χ1) is 9.63. The molecule has 1 aliphatic heterocycles. The van der Waals surface area contributed by atoms with Crippen LogP contribution in [0.3, 0.4) is 0 Å². The molecule has 0 saturated carbocycles. The third-order valence-electron chi connectivity index (χ3n) is 3.52. The summed E-state index contributed by atoms with van der Waals surface area (Å²) in [5, 5.41) is 3.25. The number of benzene rings is 1. The molecule has 1 aromatic rings. The van der Waals surface area contributed by atoms with Gasteiger partial charge in [-0.25, -0.2) is 4.39 Å². The lowest BCUT2D eigenvalue weighted by atomic mass is 10.0. The molecule has 1 aromatic carbocycles. The molecule has 21 heavy (non-hydrogen) atoms. The molecule has 0 spiro atoms. The maximum Gasteiger partial charge on any atom is 0.252 e. The number of hydrogen-bond donors (Lipinski definition) is 1. The highest BCUT2D eigenvalue weighted by atomic mass is 35.5. The highest BCUT2D eigenvalue weighted by molar-refractivity contribution is 5.85. The predicted octanol–water partition coefficient (Wildman–Crippen LogP) is 2.15. The third-order valence-corrected chi connectivity index (χ3v) is 3.52. The number of nitrogens with one attached hydrogen (secondary N) is 1. The zero-order valence-corrected chi connectivity index (χ0v) is 13.2. The summed E-state index contributed by atoms with van der Waals surface area (Å²) in [7, 11) is 0. The summed E-state index contributed by atoms with van der Waals surface area (Å²) in [6.07, 6.45) is -0.464. The fourth-order valence-electron chi connectivity index (χ4n) is 2.53. The molecule has 0 aromatic heterocycles. The van der Waals surface area contributed by atoms with E-state index in [9.17, 15) is 9.18 Å². The minimum absolute atomic E-state index is 0. The number of carbonyl (C=O) groups excluding carboxylic acids is 1. The lowest BCUT2D eigenvalue weighted by Gasteiger charge is -2.37. The molecule has 1 fully saturated rings. The van der Waals surface area contributed by atoms with Crippen LogP contribution in [0.2, 0.25) is 0 Å². The minimum atomic E-state index is -0.464. The Morgan fingerprint density at radius 1 is 1.57 bits per heavy atom. The summed E-state index contributed by atoms with van der Waals surface area (Å²) < 4.78 is 18.8. The Morgan fingerprint density at radius 2 is 2.33 bits per heavy atom. The van der Waals surface area contributed by atoms with Crippen LogP contribution in [0.25, 0.3) is 0 Å². The Labute approximate surface area is 131 Å². The molecular weight excluding hydrogens is 295 g/mol. The van der Waals surface area contributed by atoms with Crippen LogP contribution in [0, 0.1) is 5.82 Å². The van der Waals surface area contributed by atoms with Gasteiger partial charge in [-0.1, -0.05) is 12.1 Å². The number of halogens is 2. The molecule has 1 heterocycles. The van der Waals surface area contributed by atoms with E-state index in [0.29, 0.717) is 19.7 Å². The van der Waals surface area contributed by atoms with E-state index in [2.05, 4.69) is 5.32 Å². The number of ether oxygens (including phenoxy) is 1. The summed E-state index contributed by atoms with van der Waals surface area (Å²) in [6.45, 7) is 6.12. The van der Waals surface area contributed by atoms with Crippen molar-refractivity contribution in [1.29, 1.82) is 0 Å². The van der Waals surface area contributed by atoms with Gasteiger partial charge in [-0.3, -0.25) is 4.79 Å². The predicted molar refractivity (Wildman–Crippen MR) is 82.1 cm³/mol. The second-order valence-corrected chi connectivity index (χ2v) is 4.90. The summed E-state index contributed by atoms with van der Waals surface area (Å²) in [5.41, 5.74) is 0.814. The van der Waals surface area contributed by atoms with Gasteiger partial charge in [0.05, 0.1) is 6.04 Å². The standard InChI is InChI=1S/C15H21FN2O2.ClH/c1-3-20-11(2)15(19)18-8-7-17-10-14(18)12-5-4-6-13(16)9-12;/h4-6,9,11,14,17H,3,7-8,10H2,1-2H3;1H. The fraction of sp³-hybridized carbons (Fsp3) is 0.533. The molecule has 4 nitrogen and oxygen atoms in total. The maximum absolute atomic E-state index is 13.4. The molecule has 1 amide bonds. The first-order valence-corrected chi connectivity index (χ1v) is 7.01. The summed E-state index contributed by atoms with van der Waals surface area (Å²) >= 11 is 0. The minimum Gasteiger partial charge on any atom is -0.369 e. The monoisotopic (exact) mass is 316 g/mol. The average Bonchev–Trinajstić information content (AvgIpc) is 2.47. The number of rotatable bonds is 4. The molecule has 0 aliphatic carbocycles. The van der Waals surface area contributed by atoms with Crippen molar-refractivity contribution >= 4 is 18.3 Å². The second-order valence-electron chi connectivity index (χ2n) is 4.90. The molecule has 2 atom stereocenters. The Morgan fingerprint density at radius 3 is 3.00 bits per heavy atom. The quantitative estimate of drug-likeness (QED) is 0.925. The average molecular weight is 317 g/mol. The van der Waals surface area contributed by atoms with Crippen LogP contribution < -0.4 is 5.32 Å². The van der Waals surface area contributed by atoms with Gasteiger partial charge in [0.1, 0.15) is 11.9 Å². The van der Waals surface area contributed by atoms with E-state index in [-0.39, 0.29) is 30.2 Å². The third kappa shape index (κ3) is 4.40. The normalized spacial score (nSPS) is 19.8. The SMILES string of the molecule is CCOC(C)C(=O)N1CCNCC1c1cccc(F)c1.Cl. The summed E-state index contributed by atoms with van der Waals surface area (Å²) in [5.74, 6) is -0.319. The van der Waals surface area contributed by atoms with E-state index in [1.807, 2.05) is 13.0 Å². The van der Waals surface area contributed by atoms with Crippen molar-refractivity contribution in [1.82, 2.24) is 10.2 Å². The van der Waals surface area contributed by atoms with Gasteiger partial charge in [0.2, 0.25) is 0 Å². The van der Waals surface area contributed by atoms with Gasteiger partial charge in [0.25, 0.3) is 5.91 Å². The number of hydrogen-bond acceptors (Lipinski definition) is 3. The van der Waals surface area contributed by atoms with E-state index in [1.54, 1.807) is 17.9 Å². The molecule has 1 N–H and O–H groups in total. The van der Waals surface area contributed by atoms with Gasteiger partial charge in [0.15, 0.2) is 0 Å². The van der Waals surface area contributed by atoms with E-state index >= 15 is 0 Å². The van der Waals surface area contributed by atoms with Gasteiger partial charge in [-0.05, 0) is 31.5 Å². The number of carbonyl (C=O) groups is 1. The van der Waals surface area contributed by atoms with Crippen LogP contribution in [-0.2, 0) is 9.53 Å². The molecule has 2 unspecified atom stereocenters. The van der Waals surface area contributed by atoms with Crippen molar-refractivity contribution in [2.45, 2.75) is 26.0 Å². The van der Waals surface area contributed by atoms with E-state index in [0.717, 1.165) is 12.1 Å². The Hall–Kier alpha value is -1.17. The maximum atomic E-state index is 13.4. The van der Waals surface area contributed by atoms with Crippen molar-refractivity contribution in [3.8, 4) is 0 Å². The van der Waals surface area contributed by atoms with Gasteiger partial charge < -0.3 is 15.0 Å². The smallest absolute Gasteiger partial charge is 0.252 e. The first-order valence-electron chi connectivity index (χ1n) is 7.01. The van der Waals surface area contributed by atoms with Crippen LogP contribution in [0.15, 0.2) is 24.3 Å². The van der Waals surface area contributed by atoms with Crippen molar-refractivity contribution in [2.75, 3.05) is 26.2 Å². The zero-order valence-electron chi connectivity index (χ0n) is 12.3. The highest BCUT2D eigenvalue weighted by Crippen LogP contribution is 2.24. The van der Waals surface area contributed by atoms with Crippen LogP contribution in [-0.4, -0.2) is 43.2 Å². The van der Waals surface area contributed by atoms with Crippen LogP contribution in [0.5, 0.6) is 0 Å². The van der Waals surface area contributed by atoms with E-state index < -0.39 is 6.10 Å². The molecule has 2 rings (SSSR count).